The van der Waals surface area contributed by atoms with Crippen LogP contribution in [-0.2, 0) is 6.42 Å². The van der Waals surface area contributed by atoms with Crippen molar-refractivity contribution in [3.05, 3.63) is 11.7 Å². The quantitative estimate of drug-likeness (QED) is 0.824. The number of nitrogens with zero attached hydrogens (tertiary/aromatic N) is 3. The predicted molar refractivity (Wildman–Crippen MR) is 75.2 cm³/mol. The second-order valence-corrected chi connectivity index (χ2v) is 5.74. The Morgan fingerprint density at radius 1 is 1.26 bits per heavy atom. The molecule has 2 atom stereocenters. The molecule has 0 aliphatic heterocycles. The zero-order valence-corrected chi connectivity index (χ0v) is 12.4. The van der Waals surface area contributed by atoms with Gasteiger partial charge in [-0.25, -0.2) is 0 Å². The topological polar surface area (TPSA) is 54.2 Å². The number of nitrogens with one attached hydrogen (secondary N) is 1. The molecule has 1 saturated carbocycles. The number of aromatic nitrogens is 2. The Morgan fingerprint density at radius 3 is 2.79 bits per heavy atom. The highest BCUT2D eigenvalue weighted by atomic mass is 16.5. The van der Waals surface area contributed by atoms with Gasteiger partial charge in [-0.3, -0.25) is 0 Å². The van der Waals surface area contributed by atoms with Gasteiger partial charge in [-0.1, -0.05) is 24.4 Å². The van der Waals surface area contributed by atoms with Gasteiger partial charge in [-0.2, -0.15) is 4.98 Å². The molecular formula is C14H26N4O. The maximum Gasteiger partial charge on any atom is 0.231 e. The lowest BCUT2D eigenvalue weighted by Gasteiger charge is -2.20. The molecule has 1 heterocycles. The summed E-state index contributed by atoms with van der Waals surface area (Å²) in [7, 11) is 6.15. The van der Waals surface area contributed by atoms with Gasteiger partial charge in [-0.05, 0) is 34.0 Å². The van der Waals surface area contributed by atoms with Gasteiger partial charge >= 0.3 is 0 Å². The van der Waals surface area contributed by atoms with Crippen molar-refractivity contribution in [3.8, 4) is 0 Å². The first-order chi connectivity index (χ1) is 9.20. The van der Waals surface area contributed by atoms with Crippen molar-refractivity contribution >= 4 is 0 Å². The average molecular weight is 266 g/mol. The van der Waals surface area contributed by atoms with Crippen LogP contribution in [0.3, 0.4) is 0 Å². The SMILES string of the molecule is CNC1CCCCCC1c1nc(CCN(C)C)no1. The minimum atomic E-state index is 0.383. The molecule has 1 fully saturated rings. The lowest BCUT2D eigenvalue weighted by Crippen LogP contribution is -2.31. The first-order valence-corrected chi connectivity index (χ1v) is 7.35. The summed E-state index contributed by atoms with van der Waals surface area (Å²) in [6.07, 6.45) is 7.09. The van der Waals surface area contributed by atoms with Crippen LogP contribution >= 0.6 is 0 Å². The zero-order chi connectivity index (χ0) is 13.7. The van der Waals surface area contributed by atoms with E-state index in [2.05, 4.69) is 34.5 Å². The van der Waals surface area contributed by atoms with E-state index in [1.807, 2.05) is 7.05 Å². The fraction of sp³-hybridized carbons (Fsp3) is 0.857. The van der Waals surface area contributed by atoms with Crippen molar-refractivity contribution < 1.29 is 4.52 Å². The average Bonchev–Trinajstić information content (AvgIpc) is 2.73. The Bertz CT molecular complexity index is 377. The van der Waals surface area contributed by atoms with Gasteiger partial charge < -0.3 is 14.7 Å². The summed E-state index contributed by atoms with van der Waals surface area (Å²) < 4.78 is 5.50. The van der Waals surface area contributed by atoms with E-state index in [9.17, 15) is 0 Å². The van der Waals surface area contributed by atoms with Gasteiger partial charge in [0.15, 0.2) is 5.82 Å². The highest BCUT2D eigenvalue weighted by Crippen LogP contribution is 2.30. The summed E-state index contributed by atoms with van der Waals surface area (Å²) in [5, 5.41) is 7.54. The summed E-state index contributed by atoms with van der Waals surface area (Å²) in [6, 6.07) is 0.477. The minimum Gasteiger partial charge on any atom is -0.339 e. The molecule has 19 heavy (non-hydrogen) atoms. The maximum atomic E-state index is 5.50. The first kappa shape index (κ1) is 14.5. The molecule has 108 valence electrons. The second kappa shape index (κ2) is 7.01. The molecule has 1 N–H and O–H groups in total. The highest BCUT2D eigenvalue weighted by molar-refractivity contribution is 5.00. The molecule has 5 heteroatoms. The summed E-state index contributed by atoms with van der Waals surface area (Å²) in [4.78, 5) is 6.74. The molecular weight excluding hydrogens is 240 g/mol. The van der Waals surface area contributed by atoms with E-state index < -0.39 is 0 Å². The summed E-state index contributed by atoms with van der Waals surface area (Å²) in [6.45, 7) is 0.957. The zero-order valence-electron chi connectivity index (χ0n) is 12.4. The Kier molecular flexibility index (Phi) is 5.34. The van der Waals surface area contributed by atoms with E-state index in [1.165, 1.54) is 25.7 Å². The van der Waals surface area contributed by atoms with Crippen molar-refractivity contribution in [1.82, 2.24) is 20.4 Å². The van der Waals surface area contributed by atoms with Crippen LogP contribution in [0.25, 0.3) is 0 Å². The molecule has 2 rings (SSSR count). The van der Waals surface area contributed by atoms with E-state index in [1.54, 1.807) is 0 Å². The lowest BCUT2D eigenvalue weighted by atomic mass is 9.95. The third-order valence-corrected chi connectivity index (χ3v) is 3.97. The molecule has 1 aliphatic carbocycles. The first-order valence-electron chi connectivity index (χ1n) is 7.35. The third kappa shape index (κ3) is 4.01. The Labute approximate surface area is 115 Å². The monoisotopic (exact) mass is 266 g/mol. The van der Waals surface area contributed by atoms with E-state index in [0.29, 0.717) is 12.0 Å². The lowest BCUT2D eigenvalue weighted by molar-refractivity contribution is 0.308. The van der Waals surface area contributed by atoms with E-state index in [0.717, 1.165) is 31.1 Å². The third-order valence-electron chi connectivity index (χ3n) is 3.97. The fourth-order valence-corrected chi connectivity index (χ4v) is 2.79. The number of rotatable bonds is 5. The van der Waals surface area contributed by atoms with Crippen LogP contribution in [0.1, 0.15) is 49.7 Å². The molecule has 1 aliphatic rings. The highest BCUT2D eigenvalue weighted by Gasteiger charge is 2.28. The van der Waals surface area contributed by atoms with Crippen molar-refractivity contribution in [2.75, 3.05) is 27.7 Å². The van der Waals surface area contributed by atoms with Crippen LogP contribution in [0, 0.1) is 0 Å². The molecule has 0 saturated heterocycles. The van der Waals surface area contributed by atoms with Gasteiger partial charge in [0.25, 0.3) is 0 Å². The normalized spacial score (nSPS) is 24.6. The minimum absolute atomic E-state index is 0.383. The molecule has 0 aromatic carbocycles. The molecule has 0 radical (unpaired) electrons. The van der Waals surface area contributed by atoms with Gasteiger partial charge in [-0.15, -0.1) is 0 Å². The Hall–Kier alpha value is -0.940. The molecule has 5 nitrogen and oxygen atoms in total. The van der Waals surface area contributed by atoms with Gasteiger partial charge in [0, 0.05) is 19.0 Å². The summed E-state index contributed by atoms with van der Waals surface area (Å²) in [5.41, 5.74) is 0. The van der Waals surface area contributed by atoms with Crippen LogP contribution in [-0.4, -0.2) is 48.8 Å². The van der Waals surface area contributed by atoms with Crippen LogP contribution < -0.4 is 5.32 Å². The number of hydrogen-bond acceptors (Lipinski definition) is 5. The van der Waals surface area contributed by atoms with Crippen LogP contribution in [0.5, 0.6) is 0 Å². The van der Waals surface area contributed by atoms with Gasteiger partial charge in [0.2, 0.25) is 5.89 Å². The Balaban J connectivity index is 2.02. The Morgan fingerprint density at radius 2 is 2.05 bits per heavy atom. The fourth-order valence-electron chi connectivity index (χ4n) is 2.79. The smallest absolute Gasteiger partial charge is 0.231 e. The molecule has 0 spiro atoms. The second-order valence-electron chi connectivity index (χ2n) is 5.74. The van der Waals surface area contributed by atoms with Crippen LogP contribution in [0.4, 0.5) is 0 Å². The molecule has 0 bridgehead atoms. The molecule has 0 amide bonds. The van der Waals surface area contributed by atoms with E-state index in [4.69, 9.17) is 4.52 Å². The van der Waals surface area contributed by atoms with Crippen molar-refractivity contribution in [2.24, 2.45) is 0 Å². The largest absolute Gasteiger partial charge is 0.339 e. The number of hydrogen-bond donors (Lipinski definition) is 1. The molecule has 1 aromatic rings. The van der Waals surface area contributed by atoms with E-state index in [-0.39, 0.29) is 0 Å². The van der Waals surface area contributed by atoms with Gasteiger partial charge in [0.1, 0.15) is 0 Å². The summed E-state index contributed by atoms with van der Waals surface area (Å²) in [5.74, 6) is 2.05. The van der Waals surface area contributed by atoms with E-state index >= 15 is 0 Å². The summed E-state index contributed by atoms with van der Waals surface area (Å²) >= 11 is 0. The van der Waals surface area contributed by atoms with Crippen molar-refractivity contribution in [3.63, 3.8) is 0 Å². The van der Waals surface area contributed by atoms with Crippen molar-refractivity contribution in [2.45, 2.75) is 50.5 Å². The van der Waals surface area contributed by atoms with Crippen LogP contribution in [0.2, 0.25) is 0 Å². The molecule has 1 aromatic heterocycles. The van der Waals surface area contributed by atoms with Crippen molar-refractivity contribution in [1.29, 1.82) is 0 Å². The maximum absolute atomic E-state index is 5.50. The predicted octanol–water partition coefficient (Wildman–Crippen LogP) is 1.81. The van der Waals surface area contributed by atoms with Gasteiger partial charge in [0.05, 0.1) is 5.92 Å². The number of likely N-dealkylation sites (N-methyl/N-ethyl adjacent to an activating group) is 2. The molecule has 2 unspecified atom stereocenters. The standard InChI is InChI=1S/C14H26N4O/c1-15-12-8-6-4-5-7-11(12)14-16-13(17-19-14)9-10-18(2)3/h11-12,15H,4-10H2,1-3H3. The van der Waals surface area contributed by atoms with Crippen LogP contribution in [0.15, 0.2) is 4.52 Å².